The first-order chi connectivity index (χ1) is 8.81. The first kappa shape index (κ1) is 12.5. The van der Waals surface area contributed by atoms with Crippen molar-refractivity contribution in [2.45, 2.75) is 13.5 Å². The normalized spacial score (nSPS) is 10.1. The summed E-state index contributed by atoms with van der Waals surface area (Å²) >= 11 is 1.37. The van der Waals surface area contributed by atoms with Crippen LogP contribution in [0.3, 0.4) is 0 Å². The Kier molecular flexibility index (Phi) is 4.25. The number of rotatable bonds is 5. The number of carbonyl (C=O) groups excluding carboxylic acids is 1. The zero-order valence-corrected chi connectivity index (χ0v) is 10.7. The fraction of sp³-hybridized carbons (Fsp3) is 0.250. The minimum atomic E-state index is -0.401. The van der Waals surface area contributed by atoms with Crippen molar-refractivity contribution in [2.24, 2.45) is 0 Å². The minimum Gasteiger partial charge on any atom is -0.461 e. The van der Waals surface area contributed by atoms with Gasteiger partial charge < -0.3 is 10.1 Å². The van der Waals surface area contributed by atoms with Crippen molar-refractivity contribution in [1.29, 1.82) is 0 Å². The van der Waals surface area contributed by atoms with Crippen molar-refractivity contribution in [2.75, 3.05) is 11.9 Å². The molecule has 0 aliphatic heterocycles. The van der Waals surface area contributed by atoms with Gasteiger partial charge in [-0.1, -0.05) is 6.07 Å². The fourth-order valence-corrected chi connectivity index (χ4v) is 2.06. The van der Waals surface area contributed by atoms with E-state index < -0.39 is 5.97 Å². The molecule has 0 radical (unpaired) electrons. The van der Waals surface area contributed by atoms with Crippen molar-refractivity contribution in [3.8, 4) is 0 Å². The first-order valence-corrected chi connectivity index (χ1v) is 6.43. The molecule has 18 heavy (non-hydrogen) atoms. The molecule has 5 nitrogen and oxygen atoms in total. The molecule has 94 valence electrons. The van der Waals surface area contributed by atoms with E-state index in [4.69, 9.17) is 4.74 Å². The Morgan fingerprint density at radius 3 is 3.06 bits per heavy atom. The van der Waals surface area contributed by atoms with E-state index in [1.165, 1.54) is 11.3 Å². The van der Waals surface area contributed by atoms with Crippen LogP contribution >= 0.6 is 11.3 Å². The van der Waals surface area contributed by atoms with Gasteiger partial charge in [0.15, 0.2) is 5.69 Å². The maximum absolute atomic E-state index is 11.6. The lowest BCUT2D eigenvalue weighted by molar-refractivity contribution is 0.0521. The summed E-state index contributed by atoms with van der Waals surface area (Å²) in [7, 11) is 0. The van der Waals surface area contributed by atoms with E-state index in [2.05, 4.69) is 15.3 Å². The predicted octanol–water partition coefficient (Wildman–Crippen LogP) is 2.33. The van der Waals surface area contributed by atoms with Crippen LogP contribution < -0.4 is 5.32 Å². The van der Waals surface area contributed by atoms with Crippen LogP contribution in [-0.4, -0.2) is 22.5 Å². The number of carbonyl (C=O) groups is 1. The Balaban J connectivity index is 2.02. The lowest BCUT2D eigenvalue weighted by Crippen LogP contribution is -2.09. The molecule has 0 saturated carbocycles. The van der Waals surface area contributed by atoms with Gasteiger partial charge in [0, 0.05) is 6.20 Å². The van der Waals surface area contributed by atoms with E-state index in [9.17, 15) is 4.79 Å². The highest BCUT2D eigenvalue weighted by atomic mass is 32.1. The summed E-state index contributed by atoms with van der Waals surface area (Å²) in [5.74, 6) is -0.401. The number of ether oxygens (including phenoxy) is 1. The minimum absolute atomic E-state index is 0.331. The zero-order chi connectivity index (χ0) is 12.8. The fourth-order valence-electron chi connectivity index (χ4n) is 1.39. The average molecular weight is 263 g/mol. The van der Waals surface area contributed by atoms with Gasteiger partial charge >= 0.3 is 5.97 Å². The number of aromatic nitrogens is 2. The maximum Gasteiger partial charge on any atom is 0.360 e. The predicted molar refractivity (Wildman–Crippen MR) is 69.6 cm³/mol. The lowest BCUT2D eigenvalue weighted by atomic mass is 10.3. The summed E-state index contributed by atoms with van der Waals surface area (Å²) in [6.45, 7) is 2.66. The zero-order valence-electron chi connectivity index (χ0n) is 9.92. The summed E-state index contributed by atoms with van der Waals surface area (Å²) in [5.41, 5.74) is 2.85. The Hall–Kier alpha value is -1.95. The molecule has 0 fully saturated rings. The van der Waals surface area contributed by atoms with E-state index in [-0.39, 0.29) is 0 Å². The number of esters is 1. The molecule has 2 aromatic heterocycles. The number of pyridine rings is 1. The van der Waals surface area contributed by atoms with Gasteiger partial charge in [-0.2, -0.15) is 0 Å². The van der Waals surface area contributed by atoms with Crippen molar-refractivity contribution < 1.29 is 9.53 Å². The second-order valence-corrected chi connectivity index (χ2v) is 4.28. The van der Waals surface area contributed by atoms with Crippen LogP contribution in [0.4, 0.5) is 5.00 Å². The molecule has 0 amide bonds. The van der Waals surface area contributed by atoms with Crippen LogP contribution in [0.25, 0.3) is 0 Å². The molecular formula is C12H13N3O2S. The molecule has 6 heteroatoms. The molecule has 0 aliphatic rings. The quantitative estimate of drug-likeness (QED) is 0.839. The first-order valence-electron chi connectivity index (χ1n) is 5.55. The van der Waals surface area contributed by atoms with Gasteiger partial charge in [-0.05, 0) is 19.1 Å². The van der Waals surface area contributed by atoms with Gasteiger partial charge in [-0.25, -0.2) is 9.78 Å². The third-order valence-electron chi connectivity index (χ3n) is 2.19. The monoisotopic (exact) mass is 263 g/mol. The van der Waals surface area contributed by atoms with Crippen molar-refractivity contribution in [3.05, 3.63) is 41.3 Å². The molecule has 0 unspecified atom stereocenters. The van der Waals surface area contributed by atoms with Gasteiger partial charge in [0.05, 0.1) is 24.4 Å². The van der Waals surface area contributed by atoms with Crippen molar-refractivity contribution >= 4 is 22.3 Å². The molecule has 0 bridgehead atoms. The van der Waals surface area contributed by atoms with Crippen LogP contribution in [0, 0.1) is 0 Å². The van der Waals surface area contributed by atoms with E-state index in [1.54, 1.807) is 18.6 Å². The molecule has 0 atom stereocenters. The van der Waals surface area contributed by atoms with Crippen LogP contribution in [-0.2, 0) is 11.3 Å². The van der Waals surface area contributed by atoms with Crippen molar-refractivity contribution in [3.63, 3.8) is 0 Å². The van der Waals surface area contributed by atoms with Crippen LogP contribution in [0.15, 0.2) is 29.9 Å². The van der Waals surface area contributed by atoms with E-state index >= 15 is 0 Å². The number of hydrogen-bond acceptors (Lipinski definition) is 6. The van der Waals surface area contributed by atoms with Gasteiger partial charge in [0.25, 0.3) is 0 Å². The highest BCUT2D eigenvalue weighted by Crippen LogP contribution is 2.21. The summed E-state index contributed by atoms with van der Waals surface area (Å²) in [4.78, 5) is 19.8. The topological polar surface area (TPSA) is 64.1 Å². The molecule has 1 N–H and O–H groups in total. The van der Waals surface area contributed by atoms with E-state index in [1.807, 2.05) is 18.2 Å². The van der Waals surface area contributed by atoms with Gasteiger partial charge in [-0.15, -0.1) is 11.3 Å². The molecular weight excluding hydrogens is 250 g/mol. The number of thiazole rings is 1. The summed E-state index contributed by atoms with van der Waals surface area (Å²) in [6.07, 6.45) is 1.73. The third kappa shape index (κ3) is 3.04. The Morgan fingerprint density at radius 1 is 1.44 bits per heavy atom. The number of anilines is 1. The van der Waals surface area contributed by atoms with Crippen LogP contribution in [0.2, 0.25) is 0 Å². The van der Waals surface area contributed by atoms with Crippen molar-refractivity contribution in [1.82, 2.24) is 9.97 Å². The maximum atomic E-state index is 11.6. The second kappa shape index (κ2) is 6.11. The molecule has 0 aliphatic carbocycles. The SMILES string of the molecule is CCOC(=O)c1ncsc1NCc1ccccn1. The Bertz CT molecular complexity index is 513. The summed E-state index contributed by atoms with van der Waals surface area (Å²) < 4.78 is 4.93. The van der Waals surface area contributed by atoms with Gasteiger partial charge in [-0.3, -0.25) is 4.98 Å². The van der Waals surface area contributed by atoms with Crippen LogP contribution in [0.1, 0.15) is 23.1 Å². The number of nitrogens with one attached hydrogen (secondary N) is 1. The molecule has 0 spiro atoms. The molecule has 2 heterocycles. The standard InChI is InChI=1S/C12H13N3O2S/c1-2-17-12(16)10-11(18-8-15-10)14-7-9-5-3-4-6-13-9/h3-6,8,14H,2,7H2,1H3. The van der Waals surface area contributed by atoms with Gasteiger partial charge in [0.1, 0.15) is 5.00 Å². The van der Waals surface area contributed by atoms with Crippen LogP contribution in [0.5, 0.6) is 0 Å². The number of hydrogen-bond donors (Lipinski definition) is 1. The van der Waals surface area contributed by atoms with E-state index in [0.717, 1.165) is 5.69 Å². The van der Waals surface area contributed by atoms with E-state index in [0.29, 0.717) is 23.8 Å². The van der Waals surface area contributed by atoms with Gasteiger partial charge in [0.2, 0.25) is 0 Å². The molecule has 0 saturated heterocycles. The Morgan fingerprint density at radius 2 is 2.33 bits per heavy atom. The summed E-state index contributed by atoms with van der Waals surface area (Å²) in [6, 6.07) is 5.70. The summed E-state index contributed by atoms with van der Waals surface area (Å²) in [5, 5.41) is 3.85. The number of nitrogens with zero attached hydrogens (tertiary/aromatic N) is 2. The highest BCUT2D eigenvalue weighted by molar-refractivity contribution is 7.14. The largest absolute Gasteiger partial charge is 0.461 e. The molecule has 2 rings (SSSR count). The molecule has 2 aromatic rings. The highest BCUT2D eigenvalue weighted by Gasteiger charge is 2.15. The lowest BCUT2D eigenvalue weighted by Gasteiger charge is -2.05. The average Bonchev–Trinajstić information content (AvgIpc) is 2.86. The Labute approximate surface area is 109 Å². The second-order valence-electron chi connectivity index (χ2n) is 3.43. The smallest absolute Gasteiger partial charge is 0.360 e. The molecule has 0 aromatic carbocycles. The third-order valence-corrected chi connectivity index (χ3v) is 2.98.